The maximum Gasteiger partial charge on any atom is 0.183 e. The standard InChI is InChI=1S/C57H38N4Si2.C57H40N4Si2/c1-3-19-39(20-4-1)55-58-56(40-21-5-2-6-22-40)60-57(59-55)41-35-37-42(38-36-41)61-45-25-9-13-29-49(45)63(50-30-14-10-26-46(50)61)53-33-17-15-31-51(53)62(52-32-16-18-34-54(52)63)47-27-11-7-23-43(47)44-24-8-12-28-48(44)62;1-5-21-41(22-6-1)55-58-56(42-23-7-2-8-24-42)60-57(59-55)43-37-39-44(40-38-43)61-47-29-13-15-31-49(47)63(50-32-16-14-30-48(50)61)53-35-19-17-33-51(53)62(45-25-9-3-10-26-45,46-27-11-4-12-28-46)52-34-18-20-36-54(52)63/h1-38H;1-40H. The summed E-state index contributed by atoms with van der Waals surface area (Å²) in [4.78, 5) is 35.0. The largest absolute Gasteiger partial charge is 0.311 e. The zero-order valence-corrected chi connectivity index (χ0v) is 72.6. The van der Waals surface area contributed by atoms with Gasteiger partial charge in [0.2, 0.25) is 0 Å². The average Bonchev–Trinajstić information content (AvgIpc) is 1.02. The van der Waals surface area contributed by atoms with E-state index in [0.717, 1.165) is 44.8 Å². The number of rotatable bonds is 10. The van der Waals surface area contributed by atoms with Crippen molar-refractivity contribution >= 4 is 149 Å². The highest BCUT2D eigenvalue weighted by Gasteiger charge is 2.63. The Morgan fingerprint density at radius 3 is 0.556 bits per heavy atom. The molecule has 590 valence electrons. The molecule has 0 atom stereocenters. The predicted octanol–water partition coefficient (Wildman–Crippen LogP) is 15.4. The molecule has 12 heteroatoms. The molecule has 0 saturated carbocycles. The molecule has 7 heterocycles. The van der Waals surface area contributed by atoms with Gasteiger partial charge >= 0.3 is 0 Å². The molecular weight excluding hydrogens is 1590 g/mol. The molecule has 18 aromatic carbocycles. The maximum atomic E-state index is 5.04. The monoisotopic (exact) mass is 1670 g/mol. The first-order valence-electron chi connectivity index (χ1n) is 43.2. The molecule has 8 nitrogen and oxygen atoms in total. The van der Waals surface area contributed by atoms with E-state index in [1.807, 2.05) is 97.1 Å². The molecular formula is C114H78N8Si4. The van der Waals surface area contributed by atoms with E-state index in [9.17, 15) is 0 Å². The van der Waals surface area contributed by atoms with E-state index in [0.29, 0.717) is 34.9 Å². The van der Waals surface area contributed by atoms with Gasteiger partial charge in [-0.3, -0.25) is 0 Å². The minimum absolute atomic E-state index is 0.639. The number of nitrogens with zero attached hydrogens (tertiary/aromatic N) is 8. The van der Waals surface area contributed by atoms with E-state index in [-0.39, 0.29) is 0 Å². The maximum absolute atomic E-state index is 5.04. The third kappa shape index (κ3) is 11.2. The molecule has 2 aromatic heterocycles. The topological polar surface area (TPSA) is 83.8 Å². The van der Waals surface area contributed by atoms with Gasteiger partial charge in [0, 0.05) is 67.5 Å². The van der Waals surface area contributed by atoms with Crippen LogP contribution in [0.25, 0.3) is 79.5 Å². The fraction of sp³-hybridized carbons (Fsp3) is 0. The first-order valence-corrected chi connectivity index (χ1v) is 51.2. The van der Waals surface area contributed by atoms with E-state index >= 15 is 0 Å². The van der Waals surface area contributed by atoms with Crippen LogP contribution in [-0.2, 0) is 0 Å². The minimum atomic E-state index is -2.96. The molecule has 0 saturated heterocycles. The van der Waals surface area contributed by atoms with Gasteiger partial charge in [0.25, 0.3) is 0 Å². The molecule has 25 rings (SSSR count). The van der Waals surface area contributed by atoms with Crippen molar-refractivity contribution in [2.24, 2.45) is 0 Å². The van der Waals surface area contributed by atoms with Gasteiger partial charge in [-0.25, -0.2) is 29.9 Å². The number of hydrogen-bond donors (Lipinski definition) is 0. The summed E-state index contributed by atoms with van der Waals surface area (Å²) in [6.07, 6.45) is 0. The molecule has 0 unspecified atom stereocenters. The van der Waals surface area contributed by atoms with Gasteiger partial charge in [0.15, 0.2) is 67.2 Å². The summed E-state index contributed by atoms with van der Waals surface area (Å²) in [6.45, 7) is 0. The summed E-state index contributed by atoms with van der Waals surface area (Å²) in [5, 5.41) is 23.4. The molecule has 3 spiro atoms. The second kappa shape index (κ2) is 30.2. The molecule has 0 radical (unpaired) electrons. The van der Waals surface area contributed by atoms with Crippen LogP contribution >= 0.6 is 0 Å². The van der Waals surface area contributed by atoms with Crippen LogP contribution in [0.1, 0.15) is 0 Å². The molecule has 5 aliphatic heterocycles. The van der Waals surface area contributed by atoms with Gasteiger partial charge < -0.3 is 9.80 Å². The van der Waals surface area contributed by atoms with Crippen molar-refractivity contribution in [2.45, 2.75) is 0 Å². The number of hydrogen-bond acceptors (Lipinski definition) is 8. The predicted molar refractivity (Wildman–Crippen MR) is 529 cm³/mol. The highest BCUT2D eigenvalue weighted by atomic mass is 28.3. The molecule has 0 N–H and O–H groups in total. The number of aromatic nitrogens is 6. The molecule has 0 aliphatic carbocycles. The SMILES string of the molecule is c1ccc(-c2nc(-c3ccccc3)nc(-c3ccc(N4c5ccccc5[Si]5(c6ccccc64)c4ccccc4[Si](c4ccccc4)(c4ccccc4)c4ccccc45)cc3)n2)cc1.c1ccc(-c2nc(-c3ccccc3)nc(-c3ccc(N4c5ccccc5[Si]5(c6ccccc64)c4ccccc4[Si]4(c6ccccc6-c6ccccc64)c4ccccc45)cc3)n2)cc1. The van der Waals surface area contributed by atoms with Crippen molar-refractivity contribution in [2.75, 3.05) is 9.80 Å². The number of fused-ring (bicyclic) bond motifs is 23. The second-order valence-electron chi connectivity index (χ2n) is 32.9. The van der Waals surface area contributed by atoms with Gasteiger partial charge in [-0.1, -0.05) is 400 Å². The molecule has 0 amide bonds. The Morgan fingerprint density at radius 2 is 0.310 bits per heavy atom. The highest BCUT2D eigenvalue weighted by Crippen LogP contribution is 2.43. The lowest BCUT2D eigenvalue weighted by atomic mass is 10.1. The van der Waals surface area contributed by atoms with Crippen LogP contribution in [-0.4, -0.2) is 62.2 Å². The second-order valence-corrected chi connectivity index (χ2v) is 47.6. The van der Waals surface area contributed by atoms with Gasteiger partial charge in [0.1, 0.15) is 0 Å². The summed E-state index contributed by atoms with van der Waals surface area (Å²) in [5.41, 5.74) is 15.5. The Balaban J connectivity index is 0.000000141. The Hall–Kier alpha value is -15.6. The van der Waals surface area contributed by atoms with Gasteiger partial charge in [-0.2, -0.15) is 0 Å². The summed E-state index contributed by atoms with van der Waals surface area (Å²) in [5.74, 6) is 3.89. The number of para-hydroxylation sites is 4. The number of benzene rings is 18. The summed E-state index contributed by atoms with van der Waals surface area (Å²) in [7, 11) is -11.4. The van der Waals surface area contributed by atoms with Gasteiger partial charge in [-0.15, -0.1) is 0 Å². The molecule has 0 bridgehead atoms. The van der Waals surface area contributed by atoms with Gasteiger partial charge in [0.05, 0.1) is 0 Å². The smallest absolute Gasteiger partial charge is 0.183 e. The van der Waals surface area contributed by atoms with Crippen molar-refractivity contribution in [3.8, 4) is 79.5 Å². The van der Waals surface area contributed by atoms with E-state index in [1.165, 1.54) is 117 Å². The van der Waals surface area contributed by atoms with E-state index in [2.05, 4.69) is 386 Å². The van der Waals surface area contributed by atoms with Crippen molar-refractivity contribution in [3.63, 3.8) is 0 Å². The van der Waals surface area contributed by atoms with Crippen LogP contribution < -0.4 is 92.8 Å². The summed E-state index contributed by atoms with van der Waals surface area (Å²) >= 11 is 0. The van der Waals surface area contributed by atoms with Crippen molar-refractivity contribution in [1.82, 2.24) is 29.9 Å². The zero-order valence-electron chi connectivity index (χ0n) is 68.6. The first-order chi connectivity index (χ1) is 62.5. The lowest BCUT2D eigenvalue weighted by molar-refractivity contribution is 1.07. The Kier molecular flexibility index (Phi) is 17.8. The Labute approximate surface area is 736 Å². The van der Waals surface area contributed by atoms with E-state index in [1.54, 1.807) is 0 Å². The van der Waals surface area contributed by atoms with Crippen molar-refractivity contribution in [3.05, 3.63) is 473 Å². The van der Waals surface area contributed by atoms with E-state index in [4.69, 9.17) is 29.9 Å². The quantitative estimate of drug-likeness (QED) is 0.125. The summed E-state index contributed by atoms with van der Waals surface area (Å²) in [6, 6.07) is 174. The van der Waals surface area contributed by atoms with Crippen molar-refractivity contribution in [1.29, 1.82) is 0 Å². The van der Waals surface area contributed by atoms with Crippen LogP contribution in [0.3, 0.4) is 0 Å². The Morgan fingerprint density at radius 1 is 0.135 bits per heavy atom. The number of anilines is 6. The van der Waals surface area contributed by atoms with Crippen LogP contribution in [0.2, 0.25) is 0 Å². The minimum Gasteiger partial charge on any atom is -0.311 e. The lowest BCUT2D eigenvalue weighted by Crippen LogP contribution is -2.93. The highest BCUT2D eigenvalue weighted by molar-refractivity contribution is 7.35. The molecule has 0 fully saturated rings. The van der Waals surface area contributed by atoms with Crippen LogP contribution in [0.4, 0.5) is 34.1 Å². The lowest BCUT2D eigenvalue weighted by Gasteiger charge is -2.52. The van der Waals surface area contributed by atoms with Crippen molar-refractivity contribution < 1.29 is 0 Å². The van der Waals surface area contributed by atoms with Crippen LogP contribution in [0.15, 0.2) is 473 Å². The first kappa shape index (κ1) is 74.3. The summed E-state index contributed by atoms with van der Waals surface area (Å²) < 4.78 is 0. The molecule has 5 aliphatic rings. The third-order valence-corrected chi connectivity index (χ3v) is 47.4. The normalized spacial score (nSPS) is 14.1. The third-order valence-electron chi connectivity index (χ3n) is 26.7. The average molecular weight is 1670 g/mol. The van der Waals surface area contributed by atoms with Crippen LogP contribution in [0.5, 0.6) is 0 Å². The molecule has 126 heavy (non-hydrogen) atoms. The fourth-order valence-corrected chi connectivity index (χ4v) is 47.0. The fourth-order valence-electron chi connectivity index (χ4n) is 21.7. The Bertz CT molecular complexity index is 6860. The molecule has 20 aromatic rings. The van der Waals surface area contributed by atoms with E-state index < -0.39 is 32.3 Å². The van der Waals surface area contributed by atoms with Crippen LogP contribution in [0, 0.1) is 0 Å². The zero-order chi connectivity index (χ0) is 83.3. The van der Waals surface area contributed by atoms with Gasteiger partial charge in [-0.05, 0) is 167 Å².